The number of nitrogens with zero attached hydrogens (tertiary/aromatic N) is 2. The minimum absolute atomic E-state index is 0.249. The molecule has 0 spiro atoms. The number of aromatic amines is 2. The summed E-state index contributed by atoms with van der Waals surface area (Å²) in [5, 5.41) is 2.33. The number of benzene rings is 3. The van der Waals surface area contributed by atoms with Gasteiger partial charge in [-0.2, -0.15) is 0 Å². The van der Waals surface area contributed by atoms with Crippen molar-refractivity contribution < 1.29 is 9.53 Å². The fraction of sp³-hybridized carbons (Fsp3) is 0.417. The summed E-state index contributed by atoms with van der Waals surface area (Å²) in [5.41, 5.74) is 11.7. The highest BCUT2D eigenvalue weighted by Gasteiger charge is 2.16. The lowest BCUT2D eigenvalue weighted by molar-refractivity contribution is -0.147. The van der Waals surface area contributed by atoms with Gasteiger partial charge < -0.3 is 20.4 Å². The molecule has 7 nitrogen and oxygen atoms in total. The molecule has 5 aromatic rings. The van der Waals surface area contributed by atoms with E-state index >= 15 is 0 Å². The Bertz CT molecular complexity index is 1800. The smallest absolute Gasteiger partial charge is 0.384 e. The van der Waals surface area contributed by atoms with Gasteiger partial charge in [-0.05, 0) is 100 Å². The highest BCUT2D eigenvalue weighted by Crippen LogP contribution is 2.32. The monoisotopic (exact) mass is 577 g/mol. The average molecular weight is 578 g/mol. The molecule has 2 aromatic heterocycles. The van der Waals surface area contributed by atoms with Gasteiger partial charge in [-0.3, -0.25) is 0 Å². The Balaban J connectivity index is 1.30. The normalized spacial score (nSPS) is 13.3. The number of fused-ring (bicyclic) bond motifs is 4. The summed E-state index contributed by atoms with van der Waals surface area (Å²) >= 11 is 0. The Kier molecular flexibility index (Phi) is 9.17. The van der Waals surface area contributed by atoms with Crippen LogP contribution in [0.3, 0.4) is 0 Å². The fourth-order valence-electron chi connectivity index (χ4n) is 5.61. The number of rotatable bonds is 10. The van der Waals surface area contributed by atoms with Crippen LogP contribution in [0.1, 0.15) is 96.6 Å². The third-order valence-electron chi connectivity index (χ3n) is 7.96. The van der Waals surface area contributed by atoms with Gasteiger partial charge in [0.1, 0.15) is 17.2 Å². The Labute approximate surface area is 254 Å². The third kappa shape index (κ3) is 7.26. The molecule has 2 atom stereocenters. The molecule has 43 heavy (non-hydrogen) atoms. The summed E-state index contributed by atoms with van der Waals surface area (Å²) in [4.78, 5) is 28.7. The second-order valence-corrected chi connectivity index (χ2v) is 12.5. The summed E-state index contributed by atoms with van der Waals surface area (Å²) in [6.07, 6.45) is 5.56. The Hall–Kier alpha value is -4.15. The number of hydrogen-bond donors (Lipinski definition) is 3. The molecule has 0 bridgehead atoms. The number of H-pyrrole nitrogens is 2. The number of unbranched alkanes of at least 4 members (excludes halogenated alkanes) is 1. The molecule has 0 amide bonds. The number of nitrogens with one attached hydrogen (secondary N) is 2. The minimum atomic E-state index is -0.519. The Morgan fingerprint density at radius 1 is 0.953 bits per heavy atom. The van der Waals surface area contributed by atoms with E-state index in [4.69, 9.17) is 20.4 Å². The number of ether oxygens (including phenoxy) is 1. The van der Waals surface area contributed by atoms with Crippen molar-refractivity contribution in [2.75, 3.05) is 6.54 Å². The van der Waals surface area contributed by atoms with E-state index in [1.54, 1.807) is 0 Å². The van der Waals surface area contributed by atoms with Crippen LogP contribution in [0, 0.1) is 11.8 Å². The molecule has 0 fully saturated rings. The van der Waals surface area contributed by atoms with Crippen molar-refractivity contribution in [3.63, 3.8) is 0 Å². The molecule has 7 heteroatoms. The topological polar surface area (TPSA) is 110 Å². The van der Waals surface area contributed by atoms with Gasteiger partial charge >= 0.3 is 5.97 Å². The number of carbonyl (C=O) groups is 1. The number of imidazole rings is 2. The van der Waals surface area contributed by atoms with Crippen molar-refractivity contribution in [1.82, 2.24) is 19.9 Å². The van der Waals surface area contributed by atoms with E-state index in [0.717, 1.165) is 76.8 Å². The quantitative estimate of drug-likeness (QED) is 0.0672. The van der Waals surface area contributed by atoms with Crippen LogP contribution in [0.4, 0.5) is 0 Å². The zero-order valence-electron chi connectivity index (χ0n) is 26.0. The molecule has 3 aromatic carbocycles. The van der Waals surface area contributed by atoms with Gasteiger partial charge in [0.25, 0.3) is 0 Å². The van der Waals surface area contributed by atoms with Crippen molar-refractivity contribution in [2.45, 2.75) is 90.6 Å². The first-order valence-electron chi connectivity index (χ1n) is 15.5. The van der Waals surface area contributed by atoms with Gasteiger partial charge in [0.2, 0.25) is 0 Å². The summed E-state index contributed by atoms with van der Waals surface area (Å²) in [7, 11) is 0. The van der Waals surface area contributed by atoms with Crippen LogP contribution in [0.15, 0.2) is 48.5 Å². The van der Waals surface area contributed by atoms with Gasteiger partial charge in [0.05, 0.1) is 22.1 Å². The standard InChI is InChI=1S/C36H43N5O2/c1-6-24(12-10-20-37)35-38-29-18-15-26(22-31(29)40-35)25-14-17-28-27(21-25)16-19-30-33(28)41-34(39-30)23(2)11-8-7-9-13-32(42)43-36(3,4)5/h14-19,21-24H,6-8,10-12,20,37H2,1-5H3,(H,38,40)(H,39,41)/t23-,24?/m0/s1. The predicted molar refractivity (Wildman–Crippen MR) is 176 cm³/mol. The van der Waals surface area contributed by atoms with Crippen LogP contribution in [0.2, 0.25) is 0 Å². The number of nitrogens with two attached hydrogens (primary N) is 1. The van der Waals surface area contributed by atoms with Crippen LogP contribution in [0.5, 0.6) is 0 Å². The molecule has 0 aliphatic carbocycles. The summed E-state index contributed by atoms with van der Waals surface area (Å²) in [6, 6.07) is 17.3. The number of carbonyl (C=O) groups excluding carboxylic acids is 1. The molecule has 2 heterocycles. The Morgan fingerprint density at radius 2 is 1.70 bits per heavy atom. The van der Waals surface area contributed by atoms with E-state index in [1.807, 2.05) is 20.8 Å². The van der Waals surface area contributed by atoms with Crippen molar-refractivity contribution in [2.24, 2.45) is 5.73 Å². The van der Waals surface area contributed by atoms with E-state index in [-0.39, 0.29) is 5.92 Å². The lowest BCUT2D eigenvalue weighted by atomic mass is 10.00. The maximum Gasteiger partial charge on any atom is 0.384 e. The van der Waals surface area contributed by atoms with Crippen LogP contribution in [0.25, 0.3) is 44.0 Å². The maximum absolute atomic E-state index is 11.8. The minimum Gasteiger partial charge on any atom is -0.450 e. The molecule has 0 saturated carbocycles. The molecule has 224 valence electrons. The van der Waals surface area contributed by atoms with E-state index in [2.05, 4.69) is 84.2 Å². The number of esters is 1. The van der Waals surface area contributed by atoms with E-state index < -0.39 is 11.6 Å². The zero-order valence-corrected chi connectivity index (χ0v) is 26.0. The first-order valence-corrected chi connectivity index (χ1v) is 15.5. The average Bonchev–Trinajstić information content (AvgIpc) is 3.60. The summed E-state index contributed by atoms with van der Waals surface area (Å²) in [6.45, 7) is 10.6. The fourth-order valence-corrected chi connectivity index (χ4v) is 5.61. The van der Waals surface area contributed by atoms with Crippen LogP contribution in [-0.2, 0) is 9.53 Å². The van der Waals surface area contributed by atoms with Crippen molar-refractivity contribution in [3.8, 4) is 23.0 Å². The first kappa shape index (κ1) is 30.3. The van der Waals surface area contributed by atoms with Gasteiger partial charge in [-0.1, -0.05) is 44.0 Å². The number of aromatic nitrogens is 4. The summed E-state index contributed by atoms with van der Waals surface area (Å²) in [5.74, 6) is 7.75. The highest BCUT2D eigenvalue weighted by molar-refractivity contribution is 6.05. The van der Waals surface area contributed by atoms with Gasteiger partial charge in [-0.25, -0.2) is 14.8 Å². The molecule has 4 N–H and O–H groups in total. The maximum atomic E-state index is 11.8. The molecule has 1 unspecified atom stereocenters. The van der Waals surface area contributed by atoms with E-state index in [0.29, 0.717) is 18.9 Å². The first-order chi connectivity index (χ1) is 20.6. The lowest BCUT2D eigenvalue weighted by Crippen LogP contribution is -2.22. The summed E-state index contributed by atoms with van der Waals surface area (Å²) < 4.78 is 5.24. The van der Waals surface area contributed by atoms with E-state index in [9.17, 15) is 4.79 Å². The molecule has 0 saturated heterocycles. The zero-order chi connectivity index (χ0) is 30.6. The van der Waals surface area contributed by atoms with Crippen LogP contribution >= 0.6 is 0 Å². The van der Waals surface area contributed by atoms with Crippen molar-refractivity contribution in [3.05, 3.63) is 60.2 Å². The molecular weight excluding hydrogens is 534 g/mol. The predicted octanol–water partition coefficient (Wildman–Crippen LogP) is 8.11. The molecule has 0 radical (unpaired) electrons. The van der Waals surface area contributed by atoms with Crippen molar-refractivity contribution in [1.29, 1.82) is 0 Å². The van der Waals surface area contributed by atoms with Crippen LogP contribution < -0.4 is 5.73 Å². The SMILES string of the molecule is CCC(CCCN)c1nc2ccc(-c3ccc4c(ccc5nc([C@@H](C)CCCC#CC(=O)OC(C)(C)C)[nH]c54)c3)cc2[nH]1. The molecule has 5 rings (SSSR count). The molecule has 0 aliphatic heterocycles. The van der Waals surface area contributed by atoms with E-state index in [1.165, 1.54) is 10.9 Å². The number of hydrogen-bond acceptors (Lipinski definition) is 5. The highest BCUT2D eigenvalue weighted by atomic mass is 16.6. The van der Waals surface area contributed by atoms with Crippen molar-refractivity contribution >= 4 is 38.8 Å². The lowest BCUT2D eigenvalue weighted by Gasteiger charge is -2.16. The Morgan fingerprint density at radius 3 is 2.47 bits per heavy atom. The second kappa shape index (κ2) is 13.0. The second-order valence-electron chi connectivity index (χ2n) is 12.5. The molecule has 0 aliphatic rings. The van der Waals surface area contributed by atoms with Gasteiger partial charge in [0.15, 0.2) is 0 Å². The largest absolute Gasteiger partial charge is 0.450 e. The molecular formula is C36H43N5O2. The van der Waals surface area contributed by atoms with Gasteiger partial charge in [-0.15, -0.1) is 0 Å². The van der Waals surface area contributed by atoms with Crippen LogP contribution in [-0.4, -0.2) is 38.1 Å². The van der Waals surface area contributed by atoms with Gasteiger partial charge in [0, 0.05) is 29.6 Å². The third-order valence-corrected chi connectivity index (χ3v) is 7.96.